The summed E-state index contributed by atoms with van der Waals surface area (Å²) in [5, 5.41) is 5.40. The SMILES string of the molecule is CC[C@H]1Sc2ccc(S(=O)(=O)CCC(=O)NCCc3cccc(C)c3)cc2NC1=O. The molecule has 2 N–H and O–H groups in total. The summed E-state index contributed by atoms with van der Waals surface area (Å²) in [6, 6.07) is 12.8. The average Bonchev–Trinajstić information content (AvgIpc) is 2.71. The Morgan fingerprint density at radius 3 is 2.73 bits per heavy atom. The molecule has 6 nitrogen and oxygen atoms in total. The van der Waals surface area contributed by atoms with Crippen LogP contribution in [0.5, 0.6) is 0 Å². The van der Waals surface area contributed by atoms with Gasteiger partial charge in [0, 0.05) is 17.9 Å². The molecule has 0 aromatic heterocycles. The zero-order valence-electron chi connectivity index (χ0n) is 17.1. The Hall–Kier alpha value is -2.32. The van der Waals surface area contributed by atoms with Gasteiger partial charge in [0.25, 0.3) is 0 Å². The highest BCUT2D eigenvalue weighted by Crippen LogP contribution is 2.38. The van der Waals surface area contributed by atoms with Crippen LogP contribution in [0.15, 0.2) is 52.3 Å². The second-order valence-corrected chi connectivity index (χ2v) is 10.7. The molecule has 2 amide bonds. The maximum atomic E-state index is 12.7. The van der Waals surface area contributed by atoms with Crippen molar-refractivity contribution < 1.29 is 18.0 Å². The fourth-order valence-electron chi connectivity index (χ4n) is 3.24. The first kappa shape index (κ1) is 22.4. The van der Waals surface area contributed by atoms with Gasteiger partial charge in [-0.25, -0.2) is 8.42 Å². The Bertz CT molecular complexity index is 1050. The summed E-state index contributed by atoms with van der Waals surface area (Å²) in [6.07, 6.45) is 1.29. The Morgan fingerprint density at radius 2 is 2.00 bits per heavy atom. The highest BCUT2D eigenvalue weighted by molar-refractivity contribution is 8.01. The van der Waals surface area contributed by atoms with Crippen LogP contribution in [0.25, 0.3) is 0 Å². The number of sulfone groups is 1. The maximum Gasteiger partial charge on any atom is 0.237 e. The molecule has 1 aliphatic heterocycles. The van der Waals surface area contributed by atoms with Gasteiger partial charge >= 0.3 is 0 Å². The van der Waals surface area contributed by atoms with Crippen LogP contribution >= 0.6 is 11.8 Å². The van der Waals surface area contributed by atoms with E-state index in [4.69, 9.17) is 0 Å². The number of hydrogen-bond acceptors (Lipinski definition) is 5. The van der Waals surface area contributed by atoms with E-state index in [-0.39, 0.29) is 34.1 Å². The smallest absolute Gasteiger partial charge is 0.237 e. The molecule has 0 saturated carbocycles. The number of rotatable bonds is 8. The number of benzene rings is 2. The Balaban J connectivity index is 1.54. The van der Waals surface area contributed by atoms with Gasteiger partial charge in [0.1, 0.15) is 0 Å². The zero-order valence-corrected chi connectivity index (χ0v) is 18.7. The lowest BCUT2D eigenvalue weighted by atomic mass is 10.1. The van der Waals surface area contributed by atoms with Gasteiger partial charge in [-0.3, -0.25) is 9.59 Å². The van der Waals surface area contributed by atoms with Gasteiger partial charge in [-0.05, 0) is 43.5 Å². The molecule has 0 saturated heterocycles. The van der Waals surface area contributed by atoms with Crippen LogP contribution in [0.2, 0.25) is 0 Å². The summed E-state index contributed by atoms with van der Waals surface area (Å²) < 4.78 is 25.3. The molecule has 0 radical (unpaired) electrons. The summed E-state index contributed by atoms with van der Waals surface area (Å²) in [4.78, 5) is 25.1. The average molecular weight is 447 g/mol. The normalized spacial score (nSPS) is 15.9. The highest BCUT2D eigenvalue weighted by atomic mass is 32.2. The van der Waals surface area contributed by atoms with E-state index in [2.05, 4.69) is 16.7 Å². The zero-order chi connectivity index (χ0) is 21.7. The minimum absolute atomic E-state index is 0.105. The highest BCUT2D eigenvalue weighted by Gasteiger charge is 2.27. The first-order chi connectivity index (χ1) is 14.3. The summed E-state index contributed by atoms with van der Waals surface area (Å²) in [7, 11) is -3.63. The van der Waals surface area contributed by atoms with Gasteiger partial charge in [-0.1, -0.05) is 36.8 Å². The molecule has 3 rings (SSSR count). The van der Waals surface area contributed by atoms with Gasteiger partial charge < -0.3 is 10.6 Å². The van der Waals surface area contributed by atoms with Crippen molar-refractivity contribution in [3.05, 3.63) is 53.6 Å². The topological polar surface area (TPSA) is 92.3 Å². The predicted molar refractivity (Wildman–Crippen MR) is 120 cm³/mol. The van der Waals surface area contributed by atoms with Crippen molar-refractivity contribution in [1.82, 2.24) is 5.32 Å². The molecular formula is C22H26N2O4S2. The maximum absolute atomic E-state index is 12.7. The number of anilines is 1. The van der Waals surface area contributed by atoms with Crippen LogP contribution in [0.1, 0.15) is 30.9 Å². The van der Waals surface area contributed by atoms with Gasteiger partial charge in [0.05, 0.1) is 21.6 Å². The van der Waals surface area contributed by atoms with Crippen LogP contribution < -0.4 is 10.6 Å². The number of aryl methyl sites for hydroxylation is 1. The second-order valence-electron chi connectivity index (χ2n) is 7.32. The van der Waals surface area contributed by atoms with Crippen LogP contribution in [0.4, 0.5) is 5.69 Å². The van der Waals surface area contributed by atoms with E-state index in [1.54, 1.807) is 12.1 Å². The van der Waals surface area contributed by atoms with Crippen molar-refractivity contribution in [2.75, 3.05) is 17.6 Å². The molecule has 160 valence electrons. The summed E-state index contributed by atoms with van der Waals surface area (Å²) in [5.41, 5.74) is 2.80. The molecule has 0 aliphatic carbocycles. The lowest BCUT2D eigenvalue weighted by Crippen LogP contribution is -2.29. The molecular weight excluding hydrogens is 420 g/mol. The van der Waals surface area contributed by atoms with E-state index in [0.717, 1.165) is 16.0 Å². The minimum Gasteiger partial charge on any atom is -0.356 e. The molecule has 1 aliphatic rings. The monoisotopic (exact) mass is 446 g/mol. The number of amides is 2. The van der Waals surface area contributed by atoms with E-state index in [1.165, 1.54) is 17.8 Å². The molecule has 0 fully saturated rings. The van der Waals surface area contributed by atoms with Crippen molar-refractivity contribution in [2.45, 2.75) is 48.2 Å². The van der Waals surface area contributed by atoms with Gasteiger partial charge in [-0.2, -0.15) is 0 Å². The molecule has 0 spiro atoms. The quantitative estimate of drug-likeness (QED) is 0.649. The van der Waals surface area contributed by atoms with E-state index in [1.807, 2.05) is 32.0 Å². The van der Waals surface area contributed by atoms with E-state index >= 15 is 0 Å². The number of thioether (sulfide) groups is 1. The lowest BCUT2D eigenvalue weighted by molar-refractivity contribution is -0.120. The summed E-state index contributed by atoms with van der Waals surface area (Å²) >= 11 is 1.44. The first-order valence-electron chi connectivity index (χ1n) is 9.95. The summed E-state index contributed by atoms with van der Waals surface area (Å²) in [5.74, 6) is -0.683. The van der Waals surface area contributed by atoms with Crippen molar-refractivity contribution in [3.8, 4) is 0 Å². The minimum atomic E-state index is -3.63. The van der Waals surface area contributed by atoms with Crippen molar-refractivity contribution in [2.24, 2.45) is 0 Å². The third-order valence-corrected chi connectivity index (χ3v) is 8.07. The predicted octanol–water partition coefficient (Wildman–Crippen LogP) is 3.34. The second kappa shape index (κ2) is 9.66. The largest absolute Gasteiger partial charge is 0.356 e. The molecule has 30 heavy (non-hydrogen) atoms. The number of carbonyl (C=O) groups excluding carboxylic acids is 2. The van der Waals surface area contributed by atoms with Crippen LogP contribution in [0, 0.1) is 6.92 Å². The van der Waals surface area contributed by atoms with E-state index in [0.29, 0.717) is 25.1 Å². The molecule has 0 unspecified atom stereocenters. The van der Waals surface area contributed by atoms with Crippen LogP contribution in [-0.2, 0) is 25.8 Å². The standard InChI is InChI=1S/C22H26N2O4S2/c1-3-19-22(26)24-18-14-17(7-8-20(18)29-19)30(27,28)12-10-21(25)23-11-9-16-6-4-5-15(2)13-16/h4-8,13-14,19H,3,9-12H2,1-2H3,(H,23,25)(H,24,26)/t19-/m1/s1. The van der Waals surface area contributed by atoms with Gasteiger partial charge in [0.2, 0.25) is 11.8 Å². The van der Waals surface area contributed by atoms with Crippen molar-refractivity contribution >= 4 is 39.1 Å². The van der Waals surface area contributed by atoms with Gasteiger partial charge in [-0.15, -0.1) is 11.8 Å². The third-order valence-electron chi connectivity index (χ3n) is 4.92. The number of hydrogen-bond donors (Lipinski definition) is 2. The first-order valence-corrected chi connectivity index (χ1v) is 12.5. The number of fused-ring (bicyclic) bond motifs is 1. The lowest BCUT2D eigenvalue weighted by Gasteiger charge is -2.23. The van der Waals surface area contributed by atoms with Crippen molar-refractivity contribution in [3.63, 3.8) is 0 Å². The third kappa shape index (κ3) is 5.64. The fraction of sp³-hybridized carbons (Fsp3) is 0.364. The number of nitrogens with one attached hydrogen (secondary N) is 2. The number of carbonyl (C=O) groups is 2. The molecule has 1 atom stereocenters. The molecule has 1 heterocycles. The molecule has 8 heteroatoms. The van der Waals surface area contributed by atoms with E-state index < -0.39 is 9.84 Å². The Labute approximate surface area is 181 Å². The Kier molecular flexibility index (Phi) is 7.20. The summed E-state index contributed by atoms with van der Waals surface area (Å²) in [6.45, 7) is 4.41. The Morgan fingerprint density at radius 1 is 1.20 bits per heavy atom. The molecule has 2 aromatic rings. The van der Waals surface area contributed by atoms with Crippen molar-refractivity contribution in [1.29, 1.82) is 0 Å². The van der Waals surface area contributed by atoms with Crippen LogP contribution in [-0.4, -0.2) is 37.8 Å². The fourth-order valence-corrected chi connectivity index (χ4v) is 5.52. The van der Waals surface area contributed by atoms with Crippen LogP contribution in [0.3, 0.4) is 0 Å². The van der Waals surface area contributed by atoms with E-state index in [9.17, 15) is 18.0 Å². The molecule has 0 bridgehead atoms. The molecule has 2 aromatic carbocycles. The van der Waals surface area contributed by atoms with Gasteiger partial charge in [0.15, 0.2) is 9.84 Å².